The molecule has 1 N–H and O–H groups in total. The monoisotopic (exact) mass is 435 g/mol. The van der Waals surface area contributed by atoms with E-state index in [0.29, 0.717) is 17.2 Å². The summed E-state index contributed by atoms with van der Waals surface area (Å²) in [7, 11) is 0. The fraction of sp³-hybridized carbons (Fsp3) is 0.500. The predicted octanol–water partition coefficient (Wildman–Crippen LogP) is 4.79. The quantitative estimate of drug-likeness (QED) is 0.748. The van der Waals surface area contributed by atoms with Crippen LogP contribution in [0.15, 0.2) is 36.4 Å². The maximum atomic E-state index is 14.1. The van der Waals surface area contributed by atoms with Crippen LogP contribution < -0.4 is 19.5 Å². The summed E-state index contributed by atoms with van der Waals surface area (Å²) in [5.41, 5.74) is 1.39. The van der Waals surface area contributed by atoms with Crippen LogP contribution in [0.3, 0.4) is 0 Å². The van der Waals surface area contributed by atoms with E-state index in [1.165, 1.54) is 0 Å². The molecule has 2 unspecified atom stereocenters. The van der Waals surface area contributed by atoms with E-state index >= 15 is 0 Å². The molecule has 0 saturated carbocycles. The third-order valence-electron chi connectivity index (χ3n) is 8.05. The second-order valence-electron chi connectivity index (χ2n) is 9.31. The van der Waals surface area contributed by atoms with Gasteiger partial charge in [0.15, 0.2) is 11.5 Å². The van der Waals surface area contributed by atoms with E-state index in [2.05, 4.69) is 25.2 Å². The Hall–Kier alpha value is -2.73. The summed E-state index contributed by atoms with van der Waals surface area (Å²) in [6.45, 7) is 5.29. The summed E-state index contributed by atoms with van der Waals surface area (Å²) in [5.74, 6) is 1.99. The van der Waals surface area contributed by atoms with Crippen LogP contribution in [0.1, 0.15) is 57.1 Å². The van der Waals surface area contributed by atoms with Crippen LogP contribution in [-0.2, 0) is 14.9 Å². The third-order valence-corrected chi connectivity index (χ3v) is 8.05. The zero-order valence-corrected chi connectivity index (χ0v) is 18.6. The first kappa shape index (κ1) is 19.9. The van der Waals surface area contributed by atoms with Gasteiger partial charge in [-0.1, -0.05) is 32.0 Å². The first-order chi connectivity index (χ1) is 15.6. The molecule has 0 bridgehead atoms. The van der Waals surface area contributed by atoms with Crippen LogP contribution in [0, 0.1) is 5.92 Å². The Morgan fingerprint density at radius 3 is 2.56 bits per heavy atom. The van der Waals surface area contributed by atoms with Crippen molar-refractivity contribution in [3.63, 3.8) is 0 Å². The molecule has 1 spiro atoms. The van der Waals surface area contributed by atoms with Crippen LogP contribution in [0.25, 0.3) is 0 Å². The largest absolute Gasteiger partial charge is 0.486 e. The Balaban J connectivity index is 1.65. The van der Waals surface area contributed by atoms with Gasteiger partial charge in [0.1, 0.15) is 16.8 Å². The number of rotatable bonds is 4. The van der Waals surface area contributed by atoms with E-state index < -0.39 is 11.0 Å². The summed E-state index contributed by atoms with van der Waals surface area (Å²) < 4.78 is 24.3. The van der Waals surface area contributed by atoms with Crippen LogP contribution in [0.4, 0.5) is 5.69 Å². The Morgan fingerprint density at radius 1 is 1.03 bits per heavy atom. The van der Waals surface area contributed by atoms with Crippen molar-refractivity contribution in [1.82, 2.24) is 0 Å². The molecule has 6 nitrogen and oxygen atoms in total. The molecule has 4 aliphatic rings. The SMILES string of the molecule is CCC1(CC)Oc2cc3c(cc2C2(C(=O)Nc4ccccc42)C1C[C@H]1CCCO1)OCO3. The van der Waals surface area contributed by atoms with Crippen molar-refractivity contribution in [2.24, 2.45) is 5.92 Å². The zero-order chi connectivity index (χ0) is 21.9. The van der Waals surface area contributed by atoms with Crippen LogP contribution >= 0.6 is 0 Å². The number of carbonyl (C=O) groups excluding carboxylic acids is 1. The summed E-state index contributed by atoms with van der Waals surface area (Å²) in [4.78, 5) is 14.1. The molecule has 32 heavy (non-hydrogen) atoms. The Kier molecular flexibility index (Phi) is 4.44. The van der Waals surface area contributed by atoms with Crippen molar-refractivity contribution in [3.05, 3.63) is 47.5 Å². The standard InChI is InChI=1S/C26H29NO5/c1-3-25(4-2)23(12-16-8-7-11-29-16)26(17-9-5-6-10-19(17)27-24(26)28)18-13-21-22(31-15-30-21)14-20(18)32-25/h5-6,9-10,13-14,16,23H,3-4,7-8,11-12,15H2,1-2H3,(H,27,28)/t16-,23?,26?/m1/s1. The topological polar surface area (TPSA) is 66.0 Å². The van der Waals surface area contributed by atoms with E-state index in [4.69, 9.17) is 18.9 Å². The lowest BCUT2D eigenvalue weighted by atomic mass is 9.56. The van der Waals surface area contributed by atoms with Gasteiger partial charge in [-0.25, -0.2) is 0 Å². The van der Waals surface area contributed by atoms with Crippen molar-refractivity contribution in [2.45, 2.75) is 63.1 Å². The summed E-state index contributed by atoms with van der Waals surface area (Å²) in [6.07, 6.45) is 4.59. The number of para-hydroxylation sites is 1. The fourth-order valence-electron chi connectivity index (χ4n) is 6.45. The maximum Gasteiger partial charge on any atom is 0.240 e. The molecule has 1 amide bonds. The van der Waals surface area contributed by atoms with E-state index in [0.717, 1.165) is 55.5 Å². The van der Waals surface area contributed by atoms with Gasteiger partial charge in [-0.05, 0) is 49.8 Å². The van der Waals surface area contributed by atoms with Gasteiger partial charge in [-0.15, -0.1) is 0 Å². The number of fused-ring (bicyclic) bond motifs is 5. The van der Waals surface area contributed by atoms with E-state index in [1.54, 1.807) is 0 Å². The Bertz CT molecular complexity index is 1070. The lowest BCUT2D eigenvalue weighted by Crippen LogP contribution is -2.60. The first-order valence-corrected chi connectivity index (χ1v) is 11.8. The average molecular weight is 436 g/mol. The predicted molar refractivity (Wildman–Crippen MR) is 119 cm³/mol. The highest BCUT2D eigenvalue weighted by Crippen LogP contribution is 2.61. The third kappa shape index (κ3) is 2.53. The lowest BCUT2D eigenvalue weighted by molar-refractivity contribution is -0.130. The van der Waals surface area contributed by atoms with Crippen molar-refractivity contribution < 1.29 is 23.7 Å². The second-order valence-corrected chi connectivity index (χ2v) is 9.31. The van der Waals surface area contributed by atoms with Gasteiger partial charge in [-0.2, -0.15) is 0 Å². The zero-order valence-electron chi connectivity index (χ0n) is 18.6. The van der Waals surface area contributed by atoms with Crippen molar-refractivity contribution >= 4 is 11.6 Å². The summed E-state index contributed by atoms with van der Waals surface area (Å²) >= 11 is 0. The molecular weight excluding hydrogens is 406 g/mol. The first-order valence-electron chi connectivity index (χ1n) is 11.8. The minimum absolute atomic E-state index is 0.0105. The number of benzene rings is 2. The summed E-state index contributed by atoms with van der Waals surface area (Å²) in [6, 6.07) is 12.0. The normalized spacial score (nSPS) is 28.9. The Labute approximate surface area is 188 Å². The molecule has 4 heterocycles. The van der Waals surface area contributed by atoms with Crippen molar-refractivity contribution in [2.75, 3.05) is 18.7 Å². The van der Waals surface area contributed by atoms with E-state index in [-0.39, 0.29) is 24.7 Å². The van der Waals surface area contributed by atoms with E-state index in [9.17, 15) is 4.79 Å². The van der Waals surface area contributed by atoms with Crippen LogP contribution in [0.5, 0.6) is 17.2 Å². The highest BCUT2D eigenvalue weighted by molar-refractivity contribution is 6.10. The number of hydrogen-bond donors (Lipinski definition) is 1. The highest BCUT2D eigenvalue weighted by atomic mass is 16.7. The minimum atomic E-state index is -0.872. The number of anilines is 1. The molecule has 0 radical (unpaired) electrons. The molecule has 0 aromatic heterocycles. The van der Waals surface area contributed by atoms with Gasteiger partial charge in [0.2, 0.25) is 12.7 Å². The maximum absolute atomic E-state index is 14.1. The number of amides is 1. The van der Waals surface area contributed by atoms with Crippen LogP contribution in [0.2, 0.25) is 0 Å². The number of carbonyl (C=O) groups is 1. The smallest absolute Gasteiger partial charge is 0.240 e. The number of nitrogens with one attached hydrogen (secondary N) is 1. The molecular formula is C26H29NO5. The molecule has 4 aliphatic heterocycles. The second kappa shape index (κ2) is 7.14. The molecule has 0 aliphatic carbocycles. The van der Waals surface area contributed by atoms with Gasteiger partial charge in [0.25, 0.3) is 0 Å². The van der Waals surface area contributed by atoms with Crippen molar-refractivity contribution in [1.29, 1.82) is 0 Å². The van der Waals surface area contributed by atoms with Gasteiger partial charge in [0.05, 0.1) is 6.10 Å². The fourth-order valence-corrected chi connectivity index (χ4v) is 6.45. The molecule has 1 saturated heterocycles. The van der Waals surface area contributed by atoms with Gasteiger partial charge in [-0.3, -0.25) is 4.79 Å². The molecule has 1 fully saturated rings. The summed E-state index contributed by atoms with van der Waals surface area (Å²) in [5, 5.41) is 3.20. The number of ether oxygens (including phenoxy) is 4. The Morgan fingerprint density at radius 2 is 1.81 bits per heavy atom. The average Bonchev–Trinajstić information content (AvgIpc) is 3.54. The minimum Gasteiger partial charge on any atom is -0.486 e. The lowest BCUT2D eigenvalue weighted by Gasteiger charge is -2.53. The molecule has 6 heteroatoms. The molecule has 168 valence electrons. The molecule has 2 aromatic rings. The number of hydrogen-bond acceptors (Lipinski definition) is 5. The van der Waals surface area contributed by atoms with Gasteiger partial charge >= 0.3 is 0 Å². The molecule has 2 aromatic carbocycles. The van der Waals surface area contributed by atoms with E-state index in [1.807, 2.05) is 30.3 Å². The van der Waals surface area contributed by atoms with Crippen molar-refractivity contribution in [3.8, 4) is 17.2 Å². The molecule has 6 rings (SSSR count). The highest BCUT2D eigenvalue weighted by Gasteiger charge is 2.64. The van der Waals surface area contributed by atoms with Crippen LogP contribution in [-0.4, -0.2) is 31.0 Å². The van der Waals surface area contributed by atoms with Gasteiger partial charge < -0.3 is 24.3 Å². The van der Waals surface area contributed by atoms with Gasteiger partial charge in [0, 0.05) is 29.8 Å². The molecule has 3 atom stereocenters.